The lowest BCUT2D eigenvalue weighted by molar-refractivity contribution is 0.202. The second-order valence-corrected chi connectivity index (χ2v) is 15.1. The Morgan fingerprint density at radius 2 is 0.610 bits per heavy atom. The molecule has 0 saturated carbocycles. The second kappa shape index (κ2) is 15.6. The SMILES string of the molecule is CCOc1c(-c2ccc3ccccc3c2)cc(-c2cc(-c3ccc4ccccc4c3)c(OCCO)c(-c3ccc4ccccc4c3)c2)cc1-c1ccc2ccccc2c1. The van der Waals surface area contributed by atoms with E-state index in [9.17, 15) is 5.11 Å². The minimum atomic E-state index is -0.0980. The zero-order valence-corrected chi connectivity index (χ0v) is 32.9. The van der Waals surface area contributed by atoms with Gasteiger partial charge in [0.05, 0.1) is 13.2 Å². The van der Waals surface area contributed by atoms with Gasteiger partial charge in [0.25, 0.3) is 0 Å². The van der Waals surface area contributed by atoms with Crippen molar-refractivity contribution in [3.05, 3.63) is 194 Å². The summed E-state index contributed by atoms with van der Waals surface area (Å²) in [6, 6.07) is 69.5. The van der Waals surface area contributed by atoms with Crippen LogP contribution in [0, 0.1) is 0 Å². The molecule has 10 aromatic carbocycles. The first-order valence-electron chi connectivity index (χ1n) is 20.3. The summed E-state index contributed by atoms with van der Waals surface area (Å²) in [4.78, 5) is 0. The van der Waals surface area contributed by atoms with Crippen LogP contribution < -0.4 is 9.47 Å². The molecule has 0 unspecified atom stereocenters. The molecule has 0 heterocycles. The third kappa shape index (κ3) is 6.96. The summed E-state index contributed by atoms with van der Waals surface area (Å²) in [5.41, 5.74) is 10.3. The van der Waals surface area contributed by atoms with Crippen LogP contribution in [0.3, 0.4) is 0 Å². The van der Waals surface area contributed by atoms with Crippen LogP contribution in [0.1, 0.15) is 6.92 Å². The quantitative estimate of drug-likeness (QED) is 0.151. The van der Waals surface area contributed by atoms with Gasteiger partial charge in [-0.05, 0) is 132 Å². The maximum Gasteiger partial charge on any atom is 0.135 e. The molecule has 0 saturated heterocycles. The summed E-state index contributed by atoms with van der Waals surface area (Å²) < 4.78 is 13.3. The van der Waals surface area contributed by atoms with Crippen LogP contribution in [-0.2, 0) is 0 Å². The molecule has 3 nitrogen and oxygen atoms in total. The Kier molecular flexibility index (Phi) is 9.58. The van der Waals surface area contributed by atoms with Crippen LogP contribution in [0.4, 0.5) is 0 Å². The first-order chi connectivity index (χ1) is 29.1. The van der Waals surface area contributed by atoms with Crippen LogP contribution in [-0.4, -0.2) is 24.9 Å². The van der Waals surface area contributed by atoms with E-state index in [-0.39, 0.29) is 13.2 Å². The van der Waals surface area contributed by atoms with Gasteiger partial charge in [-0.25, -0.2) is 0 Å². The summed E-state index contributed by atoms with van der Waals surface area (Å²) in [7, 11) is 0. The predicted octanol–water partition coefficient (Wildman–Crippen LogP) is 14.4. The van der Waals surface area contributed by atoms with E-state index >= 15 is 0 Å². The van der Waals surface area contributed by atoms with Gasteiger partial charge in [-0.1, -0.05) is 146 Å². The molecule has 0 aliphatic rings. The van der Waals surface area contributed by atoms with E-state index in [1.165, 1.54) is 32.3 Å². The second-order valence-electron chi connectivity index (χ2n) is 15.1. The lowest BCUT2D eigenvalue weighted by Gasteiger charge is -2.22. The Morgan fingerprint density at radius 3 is 0.898 bits per heavy atom. The zero-order valence-electron chi connectivity index (χ0n) is 32.9. The van der Waals surface area contributed by atoms with Crippen molar-refractivity contribution in [2.45, 2.75) is 6.92 Å². The molecular weight excluding hydrogens is 721 g/mol. The van der Waals surface area contributed by atoms with Gasteiger partial charge < -0.3 is 14.6 Å². The van der Waals surface area contributed by atoms with Crippen LogP contribution in [0.2, 0.25) is 0 Å². The molecule has 59 heavy (non-hydrogen) atoms. The van der Waals surface area contributed by atoms with Gasteiger partial charge in [0.1, 0.15) is 18.1 Å². The normalized spacial score (nSPS) is 11.4. The van der Waals surface area contributed by atoms with Crippen molar-refractivity contribution in [3.8, 4) is 67.1 Å². The van der Waals surface area contributed by atoms with Crippen LogP contribution in [0.15, 0.2) is 194 Å². The highest BCUT2D eigenvalue weighted by Gasteiger charge is 2.22. The highest BCUT2D eigenvalue weighted by atomic mass is 16.5. The first-order valence-corrected chi connectivity index (χ1v) is 20.3. The number of aliphatic hydroxyl groups excluding tert-OH is 1. The fourth-order valence-electron chi connectivity index (χ4n) is 8.48. The monoisotopic (exact) mass is 762 g/mol. The Labute approximate surface area is 344 Å². The summed E-state index contributed by atoms with van der Waals surface area (Å²) >= 11 is 0. The number of fused-ring (bicyclic) bond motifs is 4. The van der Waals surface area contributed by atoms with Crippen molar-refractivity contribution in [2.75, 3.05) is 19.8 Å². The molecule has 0 aliphatic carbocycles. The molecule has 0 amide bonds. The lowest BCUT2D eigenvalue weighted by Crippen LogP contribution is -2.05. The number of ether oxygens (including phenoxy) is 2. The molecule has 3 heteroatoms. The summed E-state index contributed by atoms with van der Waals surface area (Å²) in [5.74, 6) is 1.60. The Balaban J connectivity index is 1.28. The standard InChI is InChI=1S/C56H42O3/c1-2-58-55-51(45-23-19-37-11-3-7-15-41(37)29-45)33-49(34-52(55)46-24-20-38-12-4-8-16-42(38)30-46)50-35-53(47-25-21-39-13-5-9-17-43(39)31-47)56(59-28-27-57)54(36-50)48-26-22-40-14-6-10-18-44(40)32-48/h3-26,29-36,57H,2,27-28H2,1H3. The zero-order chi connectivity index (χ0) is 39.7. The number of rotatable bonds is 10. The highest BCUT2D eigenvalue weighted by Crippen LogP contribution is 2.48. The van der Waals surface area contributed by atoms with E-state index in [0.717, 1.165) is 77.9 Å². The number of aliphatic hydroxyl groups is 1. The van der Waals surface area contributed by atoms with Crippen molar-refractivity contribution in [3.63, 3.8) is 0 Å². The molecule has 0 spiro atoms. The van der Waals surface area contributed by atoms with Gasteiger partial charge in [-0.3, -0.25) is 0 Å². The maximum atomic E-state index is 10.1. The van der Waals surface area contributed by atoms with Crippen LogP contribution >= 0.6 is 0 Å². The highest BCUT2D eigenvalue weighted by molar-refractivity contribution is 5.98. The Bertz CT molecular complexity index is 2980. The van der Waals surface area contributed by atoms with Gasteiger partial charge in [-0.2, -0.15) is 0 Å². The van der Waals surface area contributed by atoms with Crippen molar-refractivity contribution < 1.29 is 14.6 Å². The summed E-state index contributed by atoms with van der Waals surface area (Å²) in [6.45, 7) is 2.65. The molecule has 1 N–H and O–H groups in total. The molecule has 0 atom stereocenters. The topological polar surface area (TPSA) is 38.7 Å². The largest absolute Gasteiger partial charge is 0.493 e. The minimum absolute atomic E-state index is 0.0980. The Morgan fingerprint density at radius 1 is 0.322 bits per heavy atom. The summed E-state index contributed by atoms with van der Waals surface area (Å²) in [6.07, 6.45) is 0. The number of hydrogen-bond donors (Lipinski definition) is 1. The van der Waals surface area contributed by atoms with Gasteiger partial charge >= 0.3 is 0 Å². The van der Waals surface area contributed by atoms with Crippen molar-refractivity contribution in [2.24, 2.45) is 0 Å². The van der Waals surface area contributed by atoms with Crippen LogP contribution in [0.25, 0.3) is 98.7 Å². The van der Waals surface area contributed by atoms with E-state index in [4.69, 9.17) is 9.47 Å². The van der Waals surface area contributed by atoms with Gasteiger partial charge in [0, 0.05) is 22.3 Å². The van der Waals surface area contributed by atoms with Crippen molar-refractivity contribution in [1.82, 2.24) is 0 Å². The molecule has 0 aliphatic heterocycles. The molecule has 0 fully saturated rings. The average molecular weight is 763 g/mol. The average Bonchev–Trinajstić information content (AvgIpc) is 3.30. The lowest BCUT2D eigenvalue weighted by atomic mass is 9.87. The van der Waals surface area contributed by atoms with E-state index in [0.29, 0.717) is 6.61 Å². The molecule has 284 valence electrons. The smallest absolute Gasteiger partial charge is 0.135 e. The minimum Gasteiger partial charge on any atom is -0.493 e. The molecule has 10 aromatic rings. The fraction of sp³-hybridized carbons (Fsp3) is 0.0714. The maximum absolute atomic E-state index is 10.1. The summed E-state index contributed by atoms with van der Waals surface area (Å²) in [5, 5.41) is 19.5. The van der Waals surface area contributed by atoms with Crippen LogP contribution in [0.5, 0.6) is 11.5 Å². The fourth-order valence-corrected chi connectivity index (χ4v) is 8.48. The number of hydrogen-bond acceptors (Lipinski definition) is 3. The van der Waals surface area contributed by atoms with E-state index in [2.05, 4.69) is 201 Å². The van der Waals surface area contributed by atoms with Gasteiger partial charge in [0.2, 0.25) is 0 Å². The molecular formula is C56H42O3. The molecule has 10 rings (SSSR count). The van der Waals surface area contributed by atoms with Crippen molar-refractivity contribution in [1.29, 1.82) is 0 Å². The predicted molar refractivity (Wildman–Crippen MR) is 247 cm³/mol. The molecule has 0 radical (unpaired) electrons. The first kappa shape index (κ1) is 36.2. The third-order valence-corrected chi connectivity index (χ3v) is 11.4. The molecule has 0 bridgehead atoms. The van der Waals surface area contributed by atoms with E-state index < -0.39 is 0 Å². The van der Waals surface area contributed by atoms with Crippen molar-refractivity contribution >= 4 is 43.1 Å². The van der Waals surface area contributed by atoms with E-state index in [1.54, 1.807) is 0 Å². The molecule has 0 aromatic heterocycles. The third-order valence-electron chi connectivity index (χ3n) is 11.4. The number of benzene rings is 10. The van der Waals surface area contributed by atoms with Gasteiger partial charge in [-0.15, -0.1) is 0 Å². The van der Waals surface area contributed by atoms with E-state index in [1.807, 2.05) is 0 Å². The van der Waals surface area contributed by atoms with Gasteiger partial charge in [0.15, 0.2) is 0 Å². The Hall–Kier alpha value is -7.20.